The summed E-state index contributed by atoms with van der Waals surface area (Å²) >= 11 is 0. The van der Waals surface area contributed by atoms with Gasteiger partial charge < -0.3 is 4.90 Å². The van der Waals surface area contributed by atoms with Crippen molar-refractivity contribution in [2.75, 3.05) is 52.9 Å². The lowest BCUT2D eigenvalue weighted by Crippen LogP contribution is -2.56. The first-order chi connectivity index (χ1) is 14.0. The monoisotopic (exact) mass is 398 g/mol. The molecule has 2 heterocycles. The van der Waals surface area contributed by atoms with Crippen LogP contribution in [0.25, 0.3) is 0 Å². The van der Waals surface area contributed by atoms with Crippen molar-refractivity contribution < 1.29 is 9.59 Å². The van der Waals surface area contributed by atoms with E-state index in [1.807, 2.05) is 6.07 Å². The number of hydrogen-bond acceptors (Lipinski definition) is 6. The van der Waals surface area contributed by atoms with Gasteiger partial charge in [-0.3, -0.25) is 30.2 Å². The topological polar surface area (TPSA) is 91.7 Å². The van der Waals surface area contributed by atoms with Crippen LogP contribution in [0.2, 0.25) is 0 Å². The van der Waals surface area contributed by atoms with Gasteiger partial charge in [-0.2, -0.15) is 5.26 Å². The number of likely N-dealkylation sites (N-methyl/N-ethyl adjacent to an activating group) is 1. The molecular formula is C21H30N6O2. The van der Waals surface area contributed by atoms with E-state index in [2.05, 4.69) is 39.5 Å². The van der Waals surface area contributed by atoms with Gasteiger partial charge in [-0.25, -0.2) is 0 Å². The summed E-state index contributed by atoms with van der Waals surface area (Å²) in [6.07, 6.45) is 1.07. The molecular weight excluding hydrogens is 368 g/mol. The molecule has 3 rings (SSSR count). The fourth-order valence-corrected chi connectivity index (χ4v) is 4.20. The molecule has 2 atom stereocenters. The highest BCUT2D eigenvalue weighted by atomic mass is 16.2. The number of hydrazine groups is 1. The molecule has 8 nitrogen and oxygen atoms in total. The van der Waals surface area contributed by atoms with Crippen LogP contribution in [0.3, 0.4) is 0 Å². The van der Waals surface area contributed by atoms with Crippen molar-refractivity contribution >= 4 is 11.8 Å². The fraction of sp³-hybridized carbons (Fsp3) is 0.571. The second-order valence-electron chi connectivity index (χ2n) is 8.10. The van der Waals surface area contributed by atoms with Gasteiger partial charge in [0.05, 0.1) is 18.2 Å². The normalized spacial score (nSPS) is 23.9. The molecule has 2 saturated heterocycles. The molecule has 0 bridgehead atoms. The summed E-state index contributed by atoms with van der Waals surface area (Å²) in [5.41, 5.74) is 5.81. The number of carbonyl (C=O) groups is 2. The molecule has 2 aliphatic heterocycles. The Kier molecular flexibility index (Phi) is 7.20. The molecule has 2 aliphatic rings. The van der Waals surface area contributed by atoms with E-state index in [1.165, 1.54) is 0 Å². The van der Waals surface area contributed by atoms with Crippen molar-refractivity contribution in [3.05, 3.63) is 35.4 Å². The van der Waals surface area contributed by atoms with E-state index in [4.69, 9.17) is 5.26 Å². The predicted molar refractivity (Wildman–Crippen MR) is 110 cm³/mol. The predicted octanol–water partition coefficient (Wildman–Crippen LogP) is 0.277. The zero-order valence-corrected chi connectivity index (χ0v) is 17.2. The maximum Gasteiger partial charge on any atom is 0.269 e. The molecule has 0 unspecified atom stereocenters. The third kappa shape index (κ3) is 5.76. The van der Waals surface area contributed by atoms with E-state index in [0.29, 0.717) is 23.1 Å². The van der Waals surface area contributed by atoms with Crippen LogP contribution in [-0.4, -0.2) is 85.4 Å². The van der Waals surface area contributed by atoms with Crippen molar-refractivity contribution in [3.8, 4) is 6.07 Å². The van der Waals surface area contributed by atoms with E-state index in [-0.39, 0.29) is 12.5 Å². The average molecular weight is 399 g/mol. The lowest BCUT2D eigenvalue weighted by atomic mass is 9.92. The molecule has 1 aromatic rings. The summed E-state index contributed by atoms with van der Waals surface area (Å²) < 4.78 is 0. The van der Waals surface area contributed by atoms with Crippen LogP contribution < -0.4 is 10.9 Å². The van der Waals surface area contributed by atoms with Crippen LogP contribution in [0.15, 0.2) is 24.3 Å². The van der Waals surface area contributed by atoms with Crippen LogP contribution in [-0.2, 0) is 4.79 Å². The summed E-state index contributed by atoms with van der Waals surface area (Å²) in [6.45, 7) is 8.78. The SMILES string of the molecule is C[C@@H]1CN(CC(=O)NNC(=O)c2ccc(C#N)cc2)CC[C@@H]1N1CCN(C)CC1. The Balaban J connectivity index is 1.41. The van der Waals surface area contributed by atoms with Crippen LogP contribution >= 0.6 is 0 Å². The molecule has 0 radical (unpaired) electrons. The third-order valence-electron chi connectivity index (χ3n) is 5.91. The first-order valence-corrected chi connectivity index (χ1v) is 10.2. The van der Waals surface area contributed by atoms with Gasteiger partial charge >= 0.3 is 0 Å². The lowest BCUT2D eigenvalue weighted by Gasteiger charge is -2.45. The summed E-state index contributed by atoms with van der Waals surface area (Å²) in [5, 5.41) is 8.80. The number of nitrogens with zero attached hydrogens (tertiary/aromatic N) is 4. The van der Waals surface area contributed by atoms with E-state index in [9.17, 15) is 9.59 Å². The zero-order chi connectivity index (χ0) is 20.8. The van der Waals surface area contributed by atoms with Gasteiger partial charge in [-0.05, 0) is 43.7 Å². The highest BCUT2D eigenvalue weighted by Crippen LogP contribution is 2.23. The minimum Gasteiger partial charge on any atom is -0.304 e. The van der Waals surface area contributed by atoms with Crippen LogP contribution in [0.1, 0.15) is 29.3 Å². The highest BCUT2D eigenvalue weighted by Gasteiger charge is 2.32. The standard InChI is InChI=1S/C21H30N6O2/c1-16-14-26(8-7-19(16)27-11-9-25(2)10-12-27)15-20(28)23-24-21(29)18-5-3-17(13-22)4-6-18/h3-6,16,19H,7-12,14-15H2,1-2H3,(H,23,28)(H,24,29)/t16-,19+/m1/s1. The number of carbonyl (C=O) groups excluding carboxylic acids is 2. The average Bonchev–Trinajstić information content (AvgIpc) is 2.73. The number of nitriles is 1. The maximum atomic E-state index is 12.2. The fourth-order valence-electron chi connectivity index (χ4n) is 4.20. The number of rotatable bonds is 4. The second-order valence-corrected chi connectivity index (χ2v) is 8.10. The molecule has 156 valence electrons. The van der Waals surface area contributed by atoms with Gasteiger partial charge in [0.1, 0.15) is 0 Å². The highest BCUT2D eigenvalue weighted by molar-refractivity contribution is 5.95. The van der Waals surface area contributed by atoms with Gasteiger partial charge in [0.2, 0.25) is 0 Å². The molecule has 0 aliphatic carbocycles. The van der Waals surface area contributed by atoms with Crippen molar-refractivity contribution in [2.45, 2.75) is 19.4 Å². The number of piperidine rings is 1. The van der Waals surface area contributed by atoms with E-state index in [1.54, 1.807) is 24.3 Å². The van der Waals surface area contributed by atoms with Crippen molar-refractivity contribution in [2.24, 2.45) is 5.92 Å². The van der Waals surface area contributed by atoms with Gasteiger partial charge in [-0.1, -0.05) is 6.92 Å². The number of hydrogen-bond donors (Lipinski definition) is 2. The van der Waals surface area contributed by atoms with E-state index >= 15 is 0 Å². The second kappa shape index (κ2) is 9.83. The minimum atomic E-state index is -0.398. The molecule has 0 saturated carbocycles. The molecule has 2 N–H and O–H groups in total. The van der Waals surface area contributed by atoms with Crippen molar-refractivity contribution in [1.82, 2.24) is 25.6 Å². The lowest BCUT2D eigenvalue weighted by molar-refractivity contribution is -0.123. The molecule has 1 aromatic carbocycles. The molecule has 0 spiro atoms. The summed E-state index contributed by atoms with van der Waals surface area (Å²) in [7, 11) is 2.17. The number of likely N-dealkylation sites (tertiary alicyclic amines) is 1. The molecule has 29 heavy (non-hydrogen) atoms. The number of benzene rings is 1. The summed E-state index contributed by atoms with van der Waals surface area (Å²) in [5.74, 6) is -0.115. The first kappa shape index (κ1) is 21.2. The first-order valence-electron chi connectivity index (χ1n) is 10.2. The number of amides is 2. The Hall–Kier alpha value is -2.47. The van der Waals surface area contributed by atoms with Gasteiger partial charge in [0, 0.05) is 50.9 Å². The van der Waals surface area contributed by atoms with E-state index in [0.717, 1.165) is 45.7 Å². The van der Waals surface area contributed by atoms with Crippen molar-refractivity contribution in [3.63, 3.8) is 0 Å². The Labute approximate surface area is 172 Å². The Morgan fingerprint density at radius 1 is 1.10 bits per heavy atom. The summed E-state index contributed by atoms with van der Waals surface area (Å²) in [4.78, 5) is 31.5. The van der Waals surface area contributed by atoms with Crippen molar-refractivity contribution in [1.29, 1.82) is 5.26 Å². The van der Waals surface area contributed by atoms with Gasteiger partial charge in [0.25, 0.3) is 11.8 Å². The Bertz CT molecular complexity index is 751. The quantitative estimate of drug-likeness (QED) is 0.708. The molecule has 8 heteroatoms. The molecule has 0 aromatic heterocycles. The molecule has 2 amide bonds. The molecule has 2 fully saturated rings. The third-order valence-corrected chi connectivity index (χ3v) is 5.91. The van der Waals surface area contributed by atoms with Gasteiger partial charge in [0.15, 0.2) is 0 Å². The Morgan fingerprint density at radius 3 is 2.41 bits per heavy atom. The van der Waals surface area contributed by atoms with E-state index < -0.39 is 5.91 Å². The zero-order valence-electron chi connectivity index (χ0n) is 17.2. The number of piperazine rings is 1. The van der Waals surface area contributed by atoms with Crippen LogP contribution in [0.5, 0.6) is 0 Å². The largest absolute Gasteiger partial charge is 0.304 e. The Morgan fingerprint density at radius 2 is 1.79 bits per heavy atom. The van der Waals surface area contributed by atoms with Crippen LogP contribution in [0.4, 0.5) is 0 Å². The van der Waals surface area contributed by atoms with Gasteiger partial charge in [-0.15, -0.1) is 0 Å². The number of nitrogens with one attached hydrogen (secondary N) is 2. The minimum absolute atomic E-state index is 0.225. The summed E-state index contributed by atoms with van der Waals surface area (Å²) in [6, 6.07) is 8.85. The van der Waals surface area contributed by atoms with Crippen LogP contribution in [0, 0.1) is 17.2 Å². The maximum absolute atomic E-state index is 12.2. The smallest absolute Gasteiger partial charge is 0.269 e.